The lowest BCUT2D eigenvalue weighted by Crippen LogP contribution is -2.43. The first-order chi connectivity index (χ1) is 15.8. The maximum absolute atomic E-state index is 5.19. The first-order valence-electron chi connectivity index (χ1n) is 10.6. The quantitative estimate of drug-likeness (QED) is 0.290. The fourth-order valence-corrected chi connectivity index (χ4v) is 7.45. The fourth-order valence-electron chi connectivity index (χ4n) is 4.39. The summed E-state index contributed by atoms with van der Waals surface area (Å²) in [6.07, 6.45) is 0.916. The minimum Gasteiger partial charge on any atom is -0.0618 e. The van der Waals surface area contributed by atoms with Crippen LogP contribution in [0.4, 0.5) is 22.7 Å². The number of benzene rings is 4. The molecule has 0 aliphatic carbocycles. The summed E-state index contributed by atoms with van der Waals surface area (Å²) in [5, 5.41) is 10.4. The van der Waals surface area contributed by atoms with Crippen LogP contribution in [0, 0.1) is 0 Å². The van der Waals surface area contributed by atoms with Gasteiger partial charge in [-0.1, -0.05) is 48.5 Å². The van der Waals surface area contributed by atoms with Gasteiger partial charge in [-0.05, 0) is 41.8 Å². The molecule has 0 aromatic heterocycles. The van der Waals surface area contributed by atoms with Crippen molar-refractivity contribution in [1.82, 2.24) is 0 Å². The van der Waals surface area contributed by atoms with Crippen molar-refractivity contribution in [2.45, 2.75) is 20.5 Å². The first kappa shape index (κ1) is 18.4. The van der Waals surface area contributed by atoms with Crippen molar-refractivity contribution in [3.8, 4) is 0 Å². The number of azo groups is 4. The zero-order chi connectivity index (χ0) is 21.1. The highest BCUT2D eigenvalue weighted by atomic mass is 32.2. The van der Waals surface area contributed by atoms with Gasteiger partial charge in [-0.3, -0.25) is 0 Å². The van der Waals surface area contributed by atoms with Gasteiger partial charge >= 0.3 is 4.33 Å². The van der Waals surface area contributed by atoms with Crippen molar-refractivity contribution in [3.63, 3.8) is 0 Å². The average Bonchev–Trinajstić information content (AvgIpc) is 2.84. The van der Waals surface area contributed by atoms with Gasteiger partial charge in [0.05, 0.1) is 33.3 Å². The monoisotopic (exact) mass is 450 g/mol. The average molecular weight is 451 g/mol. The number of fused-ring (bicyclic) bond motifs is 2. The summed E-state index contributed by atoms with van der Waals surface area (Å²) in [7, 11) is 0. The molecule has 0 fully saturated rings. The molecule has 1 spiro atoms. The number of para-hydroxylation sites is 2. The molecule has 0 radical (unpaired) electrons. The van der Waals surface area contributed by atoms with Crippen molar-refractivity contribution in [2.24, 2.45) is 10.2 Å². The van der Waals surface area contributed by atoms with E-state index in [2.05, 4.69) is 94.3 Å². The van der Waals surface area contributed by atoms with Crippen LogP contribution in [0.2, 0.25) is 0 Å². The standard InChI is InChI=1S/C26H18N4S2/c1-3-7-20(8-4-1)29-26-30(21-9-5-2-6-10-21)28-23-14-12-19(17-25(23)32-26)15-18-11-13-22(27-29)24(16-18)31-26/h1-14,16-17H,15H2/q+2. The van der Waals surface area contributed by atoms with Crippen LogP contribution in [-0.4, -0.2) is 13.7 Å². The van der Waals surface area contributed by atoms with E-state index in [-0.39, 0.29) is 0 Å². The molecule has 0 atom stereocenters. The summed E-state index contributed by atoms with van der Waals surface area (Å²) in [6, 6.07) is 34.1. The van der Waals surface area contributed by atoms with Crippen LogP contribution in [0.3, 0.4) is 0 Å². The summed E-state index contributed by atoms with van der Waals surface area (Å²) in [5.41, 5.74) is 6.68. The summed E-state index contributed by atoms with van der Waals surface area (Å²) < 4.78 is 3.65. The van der Waals surface area contributed by atoms with E-state index in [0.29, 0.717) is 0 Å². The third-order valence-corrected chi connectivity index (χ3v) is 8.71. The molecule has 6 heteroatoms. The van der Waals surface area contributed by atoms with Crippen LogP contribution in [0.25, 0.3) is 0 Å². The number of thioether (sulfide) groups is 2. The molecule has 0 saturated heterocycles. The minimum absolute atomic E-state index is 0.628. The molecule has 3 aliphatic rings. The zero-order valence-electron chi connectivity index (χ0n) is 17.1. The second kappa shape index (κ2) is 6.89. The normalized spacial score (nSPS) is 17.0. The molecule has 0 N–H and O–H groups in total. The second-order valence-corrected chi connectivity index (χ2v) is 10.7. The van der Waals surface area contributed by atoms with Crippen molar-refractivity contribution in [2.75, 3.05) is 0 Å². The lowest BCUT2D eigenvalue weighted by atomic mass is 10.0. The molecular weight excluding hydrogens is 432 g/mol. The molecule has 0 saturated carbocycles. The smallest absolute Gasteiger partial charge is 0.0618 e. The Morgan fingerprint density at radius 3 is 1.53 bits per heavy atom. The van der Waals surface area contributed by atoms with Crippen molar-refractivity contribution < 1.29 is 9.39 Å². The van der Waals surface area contributed by atoms with Crippen LogP contribution < -0.4 is 0 Å². The van der Waals surface area contributed by atoms with Gasteiger partial charge in [0.2, 0.25) is 11.4 Å². The molecule has 5 bridgehead atoms. The number of rotatable bonds is 2. The fraction of sp³-hybridized carbons (Fsp3) is 0.0769. The van der Waals surface area contributed by atoms with Crippen LogP contribution in [-0.2, 0) is 6.42 Å². The third kappa shape index (κ3) is 2.73. The molecule has 3 heterocycles. The highest BCUT2D eigenvalue weighted by Crippen LogP contribution is 2.60. The Bertz CT molecular complexity index is 1330. The summed E-state index contributed by atoms with van der Waals surface area (Å²) in [5.74, 6) is 0. The highest BCUT2D eigenvalue weighted by molar-refractivity contribution is 8.17. The SMILES string of the molecule is c1ccc([N+]2=Nc3ccc4cc3SC23Sc2cc(ccc2N=[N+]3c2ccccc2)C4)cc1. The number of hydrogen-bond acceptors (Lipinski definition) is 4. The number of hydrogen-bond donors (Lipinski definition) is 0. The minimum atomic E-state index is -0.628. The van der Waals surface area contributed by atoms with Crippen LogP contribution in [0.15, 0.2) is 117 Å². The molecule has 4 aromatic carbocycles. The van der Waals surface area contributed by atoms with Gasteiger partial charge in [-0.2, -0.15) is 0 Å². The molecule has 3 aliphatic heterocycles. The topological polar surface area (TPSA) is 30.7 Å². The molecule has 0 amide bonds. The second-order valence-electron chi connectivity index (χ2n) is 8.03. The molecule has 32 heavy (non-hydrogen) atoms. The summed E-state index contributed by atoms with van der Waals surface area (Å²) in [6.45, 7) is 0. The zero-order valence-corrected chi connectivity index (χ0v) is 18.7. The predicted octanol–water partition coefficient (Wildman–Crippen LogP) is 7.97. The van der Waals surface area contributed by atoms with Gasteiger partial charge in [0.25, 0.3) is 0 Å². The van der Waals surface area contributed by atoms with Crippen LogP contribution in [0.1, 0.15) is 11.1 Å². The predicted molar refractivity (Wildman–Crippen MR) is 127 cm³/mol. The lowest BCUT2D eigenvalue weighted by molar-refractivity contribution is -0.751. The maximum atomic E-state index is 5.19. The van der Waals surface area contributed by atoms with E-state index >= 15 is 0 Å². The van der Waals surface area contributed by atoms with E-state index < -0.39 is 4.33 Å². The van der Waals surface area contributed by atoms with Gasteiger partial charge in [0.1, 0.15) is 11.4 Å². The Morgan fingerprint density at radius 1 is 0.594 bits per heavy atom. The van der Waals surface area contributed by atoms with E-state index in [9.17, 15) is 0 Å². The Kier molecular flexibility index (Phi) is 3.95. The van der Waals surface area contributed by atoms with Gasteiger partial charge in [-0.25, -0.2) is 0 Å². The van der Waals surface area contributed by atoms with Gasteiger partial charge in [0, 0.05) is 43.9 Å². The van der Waals surface area contributed by atoms with E-state index in [1.165, 1.54) is 20.9 Å². The Hall–Kier alpha value is -3.22. The van der Waals surface area contributed by atoms with Gasteiger partial charge < -0.3 is 0 Å². The molecule has 0 unspecified atom stereocenters. The van der Waals surface area contributed by atoms with E-state index in [0.717, 1.165) is 29.2 Å². The van der Waals surface area contributed by atoms with Crippen LogP contribution in [0.5, 0.6) is 0 Å². The molecular formula is C26H18N4S2+2. The highest BCUT2D eigenvalue weighted by Gasteiger charge is 2.65. The van der Waals surface area contributed by atoms with E-state index in [4.69, 9.17) is 10.2 Å². The van der Waals surface area contributed by atoms with Gasteiger partial charge in [0.15, 0.2) is 0 Å². The van der Waals surface area contributed by atoms with Gasteiger partial charge in [-0.15, -0.1) is 0 Å². The van der Waals surface area contributed by atoms with Crippen LogP contribution >= 0.6 is 23.5 Å². The molecule has 152 valence electrons. The Labute approximate surface area is 194 Å². The molecule has 4 aromatic rings. The summed E-state index contributed by atoms with van der Waals surface area (Å²) in [4.78, 5) is 2.37. The van der Waals surface area contributed by atoms with E-state index in [1.54, 1.807) is 0 Å². The third-order valence-electron chi connectivity index (χ3n) is 5.89. The van der Waals surface area contributed by atoms with E-state index in [1.807, 2.05) is 35.7 Å². The Balaban J connectivity index is 1.60. The number of nitrogens with zero attached hydrogens (tertiary/aromatic N) is 4. The summed E-state index contributed by atoms with van der Waals surface area (Å²) >= 11 is 3.64. The molecule has 7 rings (SSSR count). The maximum Gasteiger partial charge on any atom is 0.516 e. The van der Waals surface area contributed by atoms with Crippen molar-refractivity contribution in [1.29, 1.82) is 0 Å². The Morgan fingerprint density at radius 2 is 1.06 bits per heavy atom. The van der Waals surface area contributed by atoms with Crippen molar-refractivity contribution in [3.05, 3.63) is 108 Å². The molecule has 4 nitrogen and oxygen atoms in total. The largest absolute Gasteiger partial charge is 0.516 e. The first-order valence-corrected chi connectivity index (χ1v) is 12.2. The van der Waals surface area contributed by atoms with Crippen molar-refractivity contribution >= 4 is 46.3 Å². The lowest BCUT2D eigenvalue weighted by Gasteiger charge is -2.28.